The molecule has 1 heterocycles. The van der Waals surface area contributed by atoms with E-state index in [9.17, 15) is 15.3 Å². The topological polar surface area (TPSA) is 158 Å². The Labute approximate surface area is 58.9 Å². The van der Waals surface area contributed by atoms with E-state index in [1.54, 1.807) is 0 Å². The zero-order valence-electron chi connectivity index (χ0n) is 5.12. The number of nitrogens with zero attached hydrogens (tertiary/aromatic N) is 5. The molecule has 10 nitrogen and oxygen atoms in total. The van der Waals surface area contributed by atoms with Crippen LogP contribution in [0.5, 0.6) is 0 Å². The lowest BCUT2D eigenvalue weighted by molar-refractivity contribution is -0.670. The molecule has 0 aliphatic carbocycles. The third-order valence-corrected chi connectivity index (χ3v) is 0.549. The highest BCUT2D eigenvalue weighted by Gasteiger charge is 2.10. The average Bonchev–Trinajstić information content (AvgIpc) is 2.40. The molecular weight excluding hydrogens is 160 g/mol. The van der Waals surface area contributed by atoms with Crippen molar-refractivity contribution in [2.45, 2.75) is 0 Å². The third kappa shape index (κ3) is 2.51. The Balaban J connectivity index is 0.000000461. The Morgan fingerprint density at radius 2 is 2.18 bits per heavy atom. The zero-order valence-corrected chi connectivity index (χ0v) is 5.12. The van der Waals surface area contributed by atoms with Gasteiger partial charge in [-0.05, 0) is 4.92 Å². The van der Waals surface area contributed by atoms with Gasteiger partial charge in [0, 0.05) is 10.3 Å². The van der Waals surface area contributed by atoms with Gasteiger partial charge in [-0.25, -0.2) is 11.1 Å². The average molecular weight is 164 g/mol. The van der Waals surface area contributed by atoms with Crippen LogP contribution in [-0.2, 0) is 0 Å². The van der Waals surface area contributed by atoms with Crippen molar-refractivity contribution in [3.05, 3.63) is 15.3 Å². The highest BCUT2D eigenvalue weighted by Crippen LogP contribution is 1.94. The van der Waals surface area contributed by atoms with Crippen molar-refractivity contribution in [3.8, 4) is 0 Å². The molecule has 0 fully saturated rings. The van der Waals surface area contributed by atoms with Gasteiger partial charge >= 0.3 is 5.95 Å². The largest absolute Gasteiger partial charge is 0.760 e. The highest BCUT2D eigenvalue weighted by atomic mass is 16.6. The van der Waals surface area contributed by atoms with Crippen LogP contribution in [0, 0.1) is 15.3 Å². The summed E-state index contributed by atoms with van der Waals surface area (Å²) in [4.78, 5) is 8.58. The first-order valence-electron chi connectivity index (χ1n) is 2.13. The quantitative estimate of drug-likeness (QED) is 0.344. The summed E-state index contributed by atoms with van der Waals surface area (Å²) in [6.45, 7) is 0. The minimum atomic E-state index is -0.901. The number of quaternary nitrogens is 1. The van der Waals surface area contributed by atoms with Gasteiger partial charge in [0.1, 0.15) is 0 Å². The van der Waals surface area contributed by atoms with Gasteiger partial charge in [0.25, 0.3) is 0 Å². The Morgan fingerprint density at radius 3 is 2.36 bits per heavy atom. The lowest BCUT2D eigenvalue weighted by Gasteiger charge is -1.86. The van der Waals surface area contributed by atoms with E-state index in [0.29, 0.717) is 0 Å². The fraction of sp³-hybridized carbons (Fsp3) is 0. The van der Waals surface area contributed by atoms with Crippen LogP contribution >= 0.6 is 0 Å². The van der Waals surface area contributed by atoms with Gasteiger partial charge in [0.05, 0.1) is 5.10 Å². The lowest BCUT2D eigenvalue weighted by atomic mass is 11.1. The predicted molar refractivity (Wildman–Crippen MR) is 27.9 cm³/mol. The molecule has 0 spiro atoms. The molecule has 0 saturated carbocycles. The standard InChI is InChI=1S/CN5O3.H4NO/c7-5(8)1-2-4-6(9)3-1;1-2/h;2H,1H3/q-1;+1. The third-order valence-electron chi connectivity index (χ3n) is 0.549. The van der Waals surface area contributed by atoms with E-state index in [1.165, 1.54) is 0 Å². The number of aromatic nitrogens is 4. The second-order valence-electron chi connectivity index (χ2n) is 1.10. The lowest BCUT2D eigenvalue weighted by Crippen LogP contribution is -2.42. The van der Waals surface area contributed by atoms with Crippen LogP contribution in [0.25, 0.3) is 0 Å². The number of tetrazole rings is 1. The van der Waals surface area contributed by atoms with Gasteiger partial charge in [-0.15, -0.1) is 4.96 Å². The molecule has 0 radical (unpaired) electrons. The Hall–Kier alpha value is -1.81. The molecule has 0 amide bonds. The Bertz CT molecular complexity index is 230. The predicted octanol–water partition coefficient (Wildman–Crippen LogP) is -2.46. The molecule has 0 bridgehead atoms. The molecule has 1 rings (SSSR count). The van der Waals surface area contributed by atoms with Crippen molar-refractivity contribution in [3.63, 3.8) is 0 Å². The molecule has 0 unspecified atom stereocenters. The van der Waals surface area contributed by atoms with E-state index in [-0.39, 0.29) is 4.96 Å². The first-order chi connectivity index (χ1) is 5.20. The van der Waals surface area contributed by atoms with Crippen LogP contribution in [0.15, 0.2) is 0 Å². The first-order valence-corrected chi connectivity index (χ1v) is 2.13. The van der Waals surface area contributed by atoms with E-state index < -0.39 is 10.9 Å². The summed E-state index contributed by atoms with van der Waals surface area (Å²) in [6, 6.07) is 0. The van der Waals surface area contributed by atoms with E-state index in [0.717, 1.165) is 0 Å². The van der Waals surface area contributed by atoms with E-state index >= 15 is 0 Å². The number of rotatable bonds is 1. The van der Waals surface area contributed by atoms with Crippen molar-refractivity contribution in [2.75, 3.05) is 0 Å². The van der Waals surface area contributed by atoms with Crippen LogP contribution in [0.2, 0.25) is 0 Å². The van der Waals surface area contributed by atoms with Crippen molar-refractivity contribution in [1.82, 2.24) is 20.4 Å². The van der Waals surface area contributed by atoms with Crippen LogP contribution in [0.1, 0.15) is 0 Å². The maximum absolute atomic E-state index is 9.92. The van der Waals surface area contributed by atoms with Gasteiger partial charge in [-0.1, -0.05) is 0 Å². The zero-order chi connectivity index (χ0) is 8.85. The molecule has 0 atom stereocenters. The SMILES string of the molecule is O=[N+]([O-])c1nnn([O-])n1.[NH3+]O. The van der Waals surface area contributed by atoms with Crippen molar-refractivity contribution in [1.29, 1.82) is 0 Å². The van der Waals surface area contributed by atoms with Crippen LogP contribution in [-0.4, -0.2) is 30.5 Å². The minimum absolute atomic E-state index is 0.224. The molecule has 62 valence electrons. The highest BCUT2D eigenvalue weighted by molar-refractivity contribution is 4.92. The second-order valence-corrected chi connectivity index (χ2v) is 1.10. The molecule has 0 aliphatic heterocycles. The second kappa shape index (κ2) is 4.08. The molecule has 0 aromatic carbocycles. The molecule has 0 aliphatic rings. The molecule has 1 aromatic heterocycles. The summed E-state index contributed by atoms with van der Waals surface area (Å²) in [5.41, 5.74) is 0. The van der Waals surface area contributed by atoms with E-state index in [1.807, 2.05) is 0 Å². The van der Waals surface area contributed by atoms with Crippen LogP contribution in [0.3, 0.4) is 0 Å². The number of hydrogen-bond donors (Lipinski definition) is 2. The molecular formula is CH4N6O4. The molecule has 4 N–H and O–H groups in total. The maximum Gasteiger partial charge on any atom is 0.514 e. The smallest absolute Gasteiger partial charge is 0.514 e. The summed E-state index contributed by atoms with van der Waals surface area (Å²) in [6.07, 6.45) is 0. The fourth-order valence-corrected chi connectivity index (χ4v) is 0.268. The summed E-state index contributed by atoms with van der Waals surface area (Å²) in [7, 11) is 0. The minimum Gasteiger partial charge on any atom is -0.760 e. The molecule has 1 aromatic rings. The summed E-state index contributed by atoms with van der Waals surface area (Å²) in [5.74, 6) is 1.46. The molecule has 11 heavy (non-hydrogen) atoms. The van der Waals surface area contributed by atoms with Gasteiger partial charge in [0.2, 0.25) is 0 Å². The van der Waals surface area contributed by atoms with Gasteiger partial charge < -0.3 is 15.3 Å². The Kier molecular flexibility index (Phi) is 3.41. The maximum atomic E-state index is 9.92. The normalized spacial score (nSPS) is 8.18. The number of hydrogen-bond acceptors (Lipinski definition) is 7. The van der Waals surface area contributed by atoms with E-state index in [2.05, 4.69) is 21.3 Å². The van der Waals surface area contributed by atoms with Gasteiger partial charge in [-0.2, -0.15) is 0 Å². The summed E-state index contributed by atoms with van der Waals surface area (Å²) >= 11 is 0. The van der Waals surface area contributed by atoms with Crippen molar-refractivity contribution >= 4 is 5.95 Å². The Morgan fingerprint density at radius 1 is 1.64 bits per heavy atom. The number of nitro groups is 1. The first kappa shape index (κ1) is 9.19. The molecule has 0 saturated heterocycles. The van der Waals surface area contributed by atoms with E-state index in [4.69, 9.17) is 5.21 Å². The van der Waals surface area contributed by atoms with Crippen molar-refractivity contribution < 1.29 is 16.0 Å². The summed E-state index contributed by atoms with van der Waals surface area (Å²) in [5, 5.41) is 34.6. The van der Waals surface area contributed by atoms with Crippen LogP contribution < -0.4 is 5.90 Å². The van der Waals surface area contributed by atoms with Gasteiger partial charge in [-0.3, -0.25) is 0 Å². The van der Waals surface area contributed by atoms with Crippen LogP contribution in [0.4, 0.5) is 5.95 Å². The summed E-state index contributed by atoms with van der Waals surface area (Å²) < 4.78 is 0. The fourth-order valence-electron chi connectivity index (χ4n) is 0.268. The monoisotopic (exact) mass is 164 g/mol. The molecule has 10 heteroatoms. The van der Waals surface area contributed by atoms with Gasteiger partial charge in [0.15, 0.2) is 0 Å². The van der Waals surface area contributed by atoms with Crippen molar-refractivity contribution in [2.24, 2.45) is 0 Å².